The molecule has 4 aromatic rings. The third-order valence-electron chi connectivity index (χ3n) is 5.70. The fraction of sp³-hybridized carbons (Fsp3) is 0.0625. The molecule has 4 aromatic carbocycles. The molecule has 0 bridgehead atoms. The van der Waals surface area contributed by atoms with Gasteiger partial charge in [-0.05, 0) is 23.3 Å². The van der Waals surface area contributed by atoms with Crippen molar-refractivity contribution in [2.45, 2.75) is 4.33 Å². The Kier molecular flexibility index (Phi) is 8.32. The van der Waals surface area contributed by atoms with Crippen molar-refractivity contribution in [2.24, 2.45) is 5.92 Å². The topological polar surface area (TPSA) is 34.1 Å². The summed E-state index contributed by atoms with van der Waals surface area (Å²) in [7, 11) is 0. The average molecular weight is 511 g/mol. The van der Waals surface area contributed by atoms with Gasteiger partial charge in [0, 0.05) is 16.7 Å². The quantitative estimate of drug-likeness (QED) is 0.153. The second kappa shape index (κ2) is 11.8. The Morgan fingerprint density at radius 2 is 0.944 bits per heavy atom. The molecule has 0 N–H and O–H groups in total. The summed E-state index contributed by atoms with van der Waals surface area (Å²) in [6.07, 6.45) is 6.72. The molecule has 0 spiro atoms. The van der Waals surface area contributed by atoms with E-state index < -0.39 is 4.33 Å². The molecule has 5 rings (SSSR count). The lowest BCUT2D eigenvalue weighted by atomic mass is 9.94. The summed E-state index contributed by atoms with van der Waals surface area (Å²) < 4.78 is -0.979. The van der Waals surface area contributed by atoms with Gasteiger partial charge in [-0.3, -0.25) is 9.59 Å². The number of hydrogen-bond acceptors (Lipinski definition) is 2. The van der Waals surface area contributed by atoms with E-state index in [-0.39, 0.29) is 17.5 Å². The number of carbonyl (C=O) groups excluding carboxylic acids is 2. The maximum Gasteiger partial charge on any atom is 0.193 e. The smallest absolute Gasteiger partial charge is 0.193 e. The summed E-state index contributed by atoms with van der Waals surface area (Å²) in [4.78, 5) is 24.3. The van der Waals surface area contributed by atoms with Gasteiger partial charge in [0.15, 0.2) is 15.9 Å². The molecule has 0 saturated carbocycles. The molecular weight excluding hydrogens is 487 g/mol. The highest BCUT2D eigenvalue weighted by atomic mass is 35.5. The van der Waals surface area contributed by atoms with Crippen LogP contribution in [0, 0.1) is 5.92 Å². The van der Waals surface area contributed by atoms with Crippen LogP contribution in [0.4, 0.5) is 0 Å². The number of Topliss-reactive ketones (excluding diaryl/α,β-unsaturated/α-hetero) is 1. The number of benzene rings is 4. The summed E-state index contributed by atoms with van der Waals surface area (Å²) in [6.45, 7) is 0. The minimum absolute atomic E-state index is 0.0527. The zero-order valence-corrected chi connectivity index (χ0v) is 20.9. The van der Waals surface area contributed by atoms with Crippen LogP contribution in [-0.2, 0) is 0 Å². The number of hydrogen-bond donors (Lipinski definition) is 0. The fourth-order valence-electron chi connectivity index (χ4n) is 3.75. The van der Waals surface area contributed by atoms with Crippen molar-refractivity contribution in [1.29, 1.82) is 0 Å². The normalized spacial score (nSPS) is 13.9. The highest BCUT2D eigenvalue weighted by molar-refractivity contribution is 6.51. The molecule has 1 aliphatic carbocycles. The van der Waals surface area contributed by atoms with Crippen LogP contribution in [0.3, 0.4) is 0 Å². The van der Waals surface area contributed by atoms with Crippen LogP contribution in [0.2, 0.25) is 0 Å². The van der Waals surface area contributed by atoms with E-state index >= 15 is 0 Å². The van der Waals surface area contributed by atoms with Crippen LogP contribution in [0.5, 0.6) is 0 Å². The second-order valence-electron chi connectivity index (χ2n) is 8.29. The van der Waals surface area contributed by atoms with E-state index in [4.69, 9.17) is 23.2 Å². The lowest BCUT2D eigenvalue weighted by Gasteiger charge is -2.17. The average Bonchev–Trinajstić information content (AvgIpc) is 2.94. The number of rotatable bonds is 5. The van der Waals surface area contributed by atoms with Crippen molar-refractivity contribution in [1.82, 2.24) is 0 Å². The first-order valence-electron chi connectivity index (χ1n) is 11.5. The molecule has 0 radical (unpaired) electrons. The van der Waals surface area contributed by atoms with Crippen LogP contribution in [0.25, 0.3) is 11.1 Å². The summed E-state index contributed by atoms with van der Waals surface area (Å²) in [5, 5.41) is 0. The number of carbonyl (C=O) groups is 2. The van der Waals surface area contributed by atoms with E-state index in [1.165, 1.54) is 0 Å². The summed E-state index contributed by atoms with van der Waals surface area (Å²) in [5.74, 6) is -0.157. The molecule has 0 unspecified atom stereocenters. The van der Waals surface area contributed by atoms with Gasteiger partial charge in [-0.15, -0.1) is 0 Å². The van der Waals surface area contributed by atoms with Crippen LogP contribution >= 0.6 is 23.2 Å². The number of halogens is 2. The van der Waals surface area contributed by atoms with Gasteiger partial charge >= 0.3 is 0 Å². The van der Waals surface area contributed by atoms with Crippen molar-refractivity contribution >= 4 is 34.8 Å². The molecule has 0 aromatic heterocycles. The van der Waals surface area contributed by atoms with Crippen LogP contribution in [0.1, 0.15) is 26.3 Å². The van der Waals surface area contributed by atoms with Gasteiger partial charge in [0.1, 0.15) is 0 Å². The fourth-order valence-corrected chi connectivity index (χ4v) is 4.05. The molecule has 0 heterocycles. The molecule has 0 saturated heterocycles. The maximum absolute atomic E-state index is 12.3. The highest BCUT2D eigenvalue weighted by Gasteiger charge is 2.24. The summed E-state index contributed by atoms with van der Waals surface area (Å²) in [6, 6.07) is 36.4. The zero-order valence-electron chi connectivity index (χ0n) is 19.4. The Labute approximate surface area is 221 Å². The predicted octanol–water partition coefficient (Wildman–Crippen LogP) is 8.37. The number of allylic oxidation sites excluding steroid dienone is 4. The Hall–Kier alpha value is -3.72. The minimum atomic E-state index is -0.979. The van der Waals surface area contributed by atoms with Gasteiger partial charge in [0.2, 0.25) is 0 Å². The van der Waals surface area contributed by atoms with E-state index in [0.29, 0.717) is 5.56 Å². The Morgan fingerprint density at radius 1 is 0.528 bits per heavy atom. The Morgan fingerprint density at radius 3 is 1.47 bits per heavy atom. The van der Waals surface area contributed by atoms with Gasteiger partial charge in [-0.2, -0.15) is 0 Å². The molecule has 0 atom stereocenters. The molecule has 1 aliphatic rings. The van der Waals surface area contributed by atoms with Crippen LogP contribution < -0.4 is 0 Å². The molecule has 2 nitrogen and oxygen atoms in total. The zero-order chi connectivity index (χ0) is 25.4. The standard InChI is InChI=1S/C19H14O.C13H10Cl2O/c20-19(17-9-5-2-6-10-17)18-13-11-16(12-14-18)15-7-3-1-4-8-15;14-13(15)8-6-11(7-9-13)12(16)10-4-2-1-3-5-10/h1-14H;1-9,11H. The van der Waals surface area contributed by atoms with Crippen molar-refractivity contribution < 1.29 is 9.59 Å². The van der Waals surface area contributed by atoms with Crippen molar-refractivity contribution in [3.05, 3.63) is 156 Å². The molecule has 0 amide bonds. The number of alkyl halides is 2. The first-order valence-corrected chi connectivity index (χ1v) is 12.3. The largest absolute Gasteiger partial charge is 0.293 e. The van der Waals surface area contributed by atoms with Gasteiger partial charge in [0.25, 0.3) is 0 Å². The van der Waals surface area contributed by atoms with Gasteiger partial charge in [-0.1, -0.05) is 151 Å². The third kappa shape index (κ3) is 6.69. The number of ketones is 2. The van der Waals surface area contributed by atoms with Crippen LogP contribution in [-0.4, -0.2) is 15.9 Å². The van der Waals surface area contributed by atoms with E-state index in [1.54, 1.807) is 36.4 Å². The van der Waals surface area contributed by atoms with E-state index in [2.05, 4.69) is 12.1 Å². The Bertz CT molecular complexity index is 1340. The molecule has 0 aliphatic heterocycles. The van der Waals surface area contributed by atoms with Crippen molar-refractivity contribution in [2.75, 3.05) is 0 Å². The molecular formula is C32H24Cl2O2. The molecule has 4 heteroatoms. The minimum Gasteiger partial charge on any atom is -0.293 e. The van der Waals surface area contributed by atoms with Crippen molar-refractivity contribution in [3.63, 3.8) is 0 Å². The molecule has 178 valence electrons. The summed E-state index contributed by atoms with van der Waals surface area (Å²) in [5.41, 5.74) is 4.41. The van der Waals surface area contributed by atoms with E-state index in [1.807, 2.05) is 91.0 Å². The maximum atomic E-state index is 12.3. The Balaban J connectivity index is 0.000000174. The second-order valence-corrected chi connectivity index (χ2v) is 9.73. The lowest BCUT2D eigenvalue weighted by Crippen LogP contribution is -2.17. The van der Waals surface area contributed by atoms with Gasteiger partial charge in [0.05, 0.1) is 5.92 Å². The SMILES string of the molecule is O=C(c1ccccc1)C1C=CC(Cl)(Cl)C=C1.O=C(c1ccccc1)c1ccc(-c2ccccc2)cc1. The molecule has 36 heavy (non-hydrogen) atoms. The van der Waals surface area contributed by atoms with E-state index in [9.17, 15) is 9.59 Å². The molecule has 0 fully saturated rings. The first kappa shape index (κ1) is 25.4. The third-order valence-corrected chi connectivity index (χ3v) is 6.21. The monoisotopic (exact) mass is 510 g/mol. The highest BCUT2D eigenvalue weighted by Crippen LogP contribution is 2.30. The van der Waals surface area contributed by atoms with Crippen molar-refractivity contribution in [3.8, 4) is 11.1 Å². The predicted molar refractivity (Wildman–Crippen MR) is 149 cm³/mol. The van der Waals surface area contributed by atoms with E-state index in [0.717, 1.165) is 22.3 Å². The summed E-state index contributed by atoms with van der Waals surface area (Å²) >= 11 is 11.7. The van der Waals surface area contributed by atoms with Gasteiger partial charge in [-0.25, -0.2) is 0 Å². The van der Waals surface area contributed by atoms with Crippen LogP contribution in [0.15, 0.2) is 140 Å². The first-order chi connectivity index (χ1) is 17.4. The van der Waals surface area contributed by atoms with Gasteiger partial charge < -0.3 is 0 Å². The lowest BCUT2D eigenvalue weighted by molar-refractivity contribution is 0.0963.